The van der Waals surface area contributed by atoms with E-state index in [2.05, 4.69) is 20.0 Å². The van der Waals surface area contributed by atoms with Crippen molar-refractivity contribution >= 4 is 44.7 Å². The predicted molar refractivity (Wildman–Crippen MR) is 79.5 cm³/mol. The second kappa shape index (κ2) is 6.35. The number of thiophene rings is 1. The molecule has 2 rings (SSSR count). The van der Waals surface area contributed by atoms with Crippen LogP contribution < -0.4 is 15.8 Å². The first kappa shape index (κ1) is 15.0. The smallest absolute Gasteiger partial charge is 0.250 e. The lowest BCUT2D eigenvalue weighted by molar-refractivity contribution is 0.585. The van der Waals surface area contributed by atoms with Gasteiger partial charge in [0.1, 0.15) is 15.2 Å². The van der Waals surface area contributed by atoms with Crippen LogP contribution in [-0.4, -0.2) is 31.5 Å². The van der Waals surface area contributed by atoms with Crippen LogP contribution in [0, 0.1) is 0 Å². The fourth-order valence-electron chi connectivity index (χ4n) is 1.39. The molecule has 0 bridgehead atoms. The molecule has 108 valence electrons. The SMILES string of the molecule is Nc1nc(Cl)cc(NCCNS(=O)(=O)c2cccs2)n1. The van der Waals surface area contributed by atoms with E-state index in [0.717, 1.165) is 11.3 Å². The van der Waals surface area contributed by atoms with Crippen LogP contribution in [0.3, 0.4) is 0 Å². The fourth-order valence-corrected chi connectivity index (χ4v) is 3.65. The van der Waals surface area contributed by atoms with Gasteiger partial charge in [-0.15, -0.1) is 11.3 Å². The Labute approximate surface area is 125 Å². The third kappa shape index (κ3) is 4.04. The summed E-state index contributed by atoms with van der Waals surface area (Å²) in [6.45, 7) is 0.555. The molecule has 2 aromatic heterocycles. The van der Waals surface area contributed by atoms with Crippen LogP contribution in [0.25, 0.3) is 0 Å². The largest absolute Gasteiger partial charge is 0.369 e. The maximum Gasteiger partial charge on any atom is 0.250 e. The van der Waals surface area contributed by atoms with Gasteiger partial charge in [0.05, 0.1) is 0 Å². The van der Waals surface area contributed by atoms with E-state index in [1.54, 1.807) is 17.5 Å². The van der Waals surface area contributed by atoms with Crippen molar-refractivity contribution in [2.24, 2.45) is 0 Å². The second-order valence-corrected chi connectivity index (χ2v) is 7.02. The summed E-state index contributed by atoms with van der Waals surface area (Å²) < 4.78 is 26.4. The van der Waals surface area contributed by atoms with E-state index in [1.807, 2.05) is 0 Å². The van der Waals surface area contributed by atoms with Crippen LogP contribution in [0.5, 0.6) is 0 Å². The van der Waals surface area contributed by atoms with E-state index < -0.39 is 10.0 Å². The van der Waals surface area contributed by atoms with Crippen molar-refractivity contribution in [2.45, 2.75) is 4.21 Å². The number of sulfonamides is 1. The van der Waals surface area contributed by atoms with Crippen molar-refractivity contribution in [2.75, 3.05) is 24.1 Å². The van der Waals surface area contributed by atoms with Crippen LogP contribution in [0.1, 0.15) is 0 Å². The molecule has 0 fully saturated rings. The molecule has 0 aromatic carbocycles. The number of halogens is 1. The molecule has 10 heteroatoms. The van der Waals surface area contributed by atoms with Gasteiger partial charge in [0.2, 0.25) is 16.0 Å². The first-order chi connectivity index (χ1) is 9.47. The lowest BCUT2D eigenvalue weighted by atomic mass is 10.5. The number of nitrogen functional groups attached to an aromatic ring is 1. The number of anilines is 2. The highest BCUT2D eigenvalue weighted by Crippen LogP contribution is 2.15. The van der Waals surface area contributed by atoms with Crippen LogP contribution in [0.15, 0.2) is 27.8 Å². The molecular formula is C10H12ClN5O2S2. The number of hydrogen-bond acceptors (Lipinski definition) is 7. The monoisotopic (exact) mass is 333 g/mol. The first-order valence-corrected chi connectivity index (χ1v) is 8.28. The minimum Gasteiger partial charge on any atom is -0.369 e. The van der Waals surface area contributed by atoms with E-state index in [-0.39, 0.29) is 21.9 Å². The average molecular weight is 334 g/mol. The van der Waals surface area contributed by atoms with Gasteiger partial charge in [0, 0.05) is 19.2 Å². The Morgan fingerprint density at radius 2 is 2.15 bits per heavy atom. The fraction of sp³-hybridized carbons (Fsp3) is 0.200. The van der Waals surface area contributed by atoms with E-state index in [4.69, 9.17) is 17.3 Å². The van der Waals surface area contributed by atoms with E-state index >= 15 is 0 Å². The van der Waals surface area contributed by atoms with Crippen molar-refractivity contribution in [1.82, 2.24) is 14.7 Å². The number of nitrogens with two attached hydrogens (primary N) is 1. The van der Waals surface area contributed by atoms with E-state index in [0.29, 0.717) is 12.4 Å². The molecule has 0 spiro atoms. The topological polar surface area (TPSA) is 110 Å². The Morgan fingerprint density at radius 3 is 2.80 bits per heavy atom. The van der Waals surface area contributed by atoms with Crippen LogP contribution >= 0.6 is 22.9 Å². The Bertz CT molecular complexity index is 655. The molecule has 2 aromatic rings. The maximum atomic E-state index is 11.8. The van der Waals surface area contributed by atoms with Gasteiger partial charge in [-0.1, -0.05) is 17.7 Å². The molecule has 0 aliphatic rings. The summed E-state index contributed by atoms with van der Waals surface area (Å²) in [5, 5.41) is 4.83. The zero-order valence-electron chi connectivity index (χ0n) is 10.2. The van der Waals surface area contributed by atoms with E-state index in [1.165, 1.54) is 6.07 Å². The Balaban J connectivity index is 1.85. The predicted octanol–water partition coefficient (Wildman–Crippen LogP) is 1.16. The Hall–Kier alpha value is -1.42. The highest BCUT2D eigenvalue weighted by molar-refractivity contribution is 7.91. The second-order valence-electron chi connectivity index (χ2n) is 3.69. The molecule has 0 saturated heterocycles. The van der Waals surface area contributed by atoms with Gasteiger partial charge in [0.25, 0.3) is 0 Å². The van der Waals surface area contributed by atoms with Gasteiger partial charge < -0.3 is 11.1 Å². The molecular weight excluding hydrogens is 322 g/mol. The molecule has 20 heavy (non-hydrogen) atoms. The third-order valence-electron chi connectivity index (χ3n) is 2.20. The van der Waals surface area contributed by atoms with Gasteiger partial charge in [-0.05, 0) is 11.4 Å². The number of rotatable bonds is 6. The minimum absolute atomic E-state index is 0.0548. The number of nitrogens with zero attached hydrogens (tertiary/aromatic N) is 2. The normalized spacial score (nSPS) is 11.4. The standard InChI is InChI=1S/C10H12ClN5O2S2/c11-7-6-8(16-10(12)15-7)13-3-4-14-20(17,18)9-2-1-5-19-9/h1-2,5-6,14H,3-4H2,(H3,12,13,15,16). The maximum absolute atomic E-state index is 11.8. The summed E-state index contributed by atoms with van der Waals surface area (Å²) >= 11 is 6.88. The Kier molecular flexibility index (Phi) is 4.76. The summed E-state index contributed by atoms with van der Waals surface area (Å²) in [6.07, 6.45) is 0. The molecule has 0 unspecified atom stereocenters. The molecule has 7 nitrogen and oxygen atoms in total. The van der Waals surface area contributed by atoms with Crippen molar-refractivity contribution < 1.29 is 8.42 Å². The zero-order valence-corrected chi connectivity index (χ0v) is 12.6. The average Bonchev–Trinajstić information content (AvgIpc) is 2.88. The first-order valence-electron chi connectivity index (χ1n) is 5.54. The summed E-state index contributed by atoms with van der Waals surface area (Å²) in [4.78, 5) is 7.63. The highest BCUT2D eigenvalue weighted by atomic mass is 35.5. The third-order valence-corrected chi connectivity index (χ3v) is 5.25. The summed E-state index contributed by atoms with van der Waals surface area (Å²) in [5.41, 5.74) is 5.44. The molecule has 0 radical (unpaired) electrons. The molecule has 0 aliphatic carbocycles. The molecule has 0 aliphatic heterocycles. The number of aromatic nitrogens is 2. The summed E-state index contributed by atoms with van der Waals surface area (Å²) in [6, 6.07) is 4.74. The van der Waals surface area contributed by atoms with Crippen molar-refractivity contribution in [3.05, 3.63) is 28.7 Å². The summed E-state index contributed by atoms with van der Waals surface area (Å²) in [7, 11) is -3.44. The van der Waals surface area contributed by atoms with Crippen LogP contribution in [-0.2, 0) is 10.0 Å². The lowest BCUT2D eigenvalue weighted by Gasteiger charge is -2.07. The molecule has 0 amide bonds. The van der Waals surface area contributed by atoms with Crippen molar-refractivity contribution in [3.63, 3.8) is 0 Å². The molecule has 4 N–H and O–H groups in total. The number of nitrogens with one attached hydrogen (secondary N) is 2. The Morgan fingerprint density at radius 1 is 1.35 bits per heavy atom. The molecule has 0 saturated carbocycles. The quantitative estimate of drug-likeness (QED) is 0.540. The van der Waals surface area contributed by atoms with Crippen molar-refractivity contribution in [1.29, 1.82) is 0 Å². The van der Waals surface area contributed by atoms with Crippen LogP contribution in [0.2, 0.25) is 5.15 Å². The zero-order chi connectivity index (χ0) is 14.6. The van der Waals surface area contributed by atoms with Gasteiger partial charge >= 0.3 is 0 Å². The van der Waals surface area contributed by atoms with Gasteiger partial charge in [-0.2, -0.15) is 4.98 Å². The van der Waals surface area contributed by atoms with Gasteiger partial charge in [-0.25, -0.2) is 18.1 Å². The van der Waals surface area contributed by atoms with Gasteiger partial charge in [0.15, 0.2) is 0 Å². The highest BCUT2D eigenvalue weighted by Gasteiger charge is 2.13. The molecule has 0 atom stereocenters. The lowest BCUT2D eigenvalue weighted by Crippen LogP contribution is -2.28. The summed E-state index contributed by atoms with van der Waals surface area (Å²) in [5.74, 6) is 0.497. The van der Waals surface area contributed by atoms with Crippen LogP contribution in [0.4, 0.5) is 11.8 Å². The van der Waals surface area contributed by atoms with E-state index in [9.17, 15) is 8.42 Å². The van der Waals surface area contributed by atoms with Gasteiger partial charge in [-0.3, -0.25) is 0 Å². The molecule has 2 heterocycles. The minimum atomic E-state index is -3.44. The van der Waals surface area contributed by atoms with Crippen molar-refractivity contribution in [3.8, 4) is 0 Å². The number of hydrogen-bond donors (Lipinski definition) is 3.